The molecule has 0 amide bonds. The average molecular weight is 296 g/mol. The second-order valence-electron chi connectivity index (χ2n) is 4.65. The second-order valence-corrected chi connectivity index (χ2v) is 4.65. The number of nitrogens with two attached hydrogens (primary N) is 1. The van der Waals surface area contributed by atoms with Gasteiger partial charge in [-0.1, -0.05) is 24.3 Å². The Balaban J connectivity index is 2.13. The normalized spacial score (nSPS) is 11.3. The molecule has 22 heavy (non-hydrogen) atoms. The molecule has 0 fully saturated rings. The topological polar surface area (TPSA) is 124 Å². The summed E-state index contributed by atoms with van der Waals surface area (Å²) in [5, 5.41) is 11.3. The largest absolute Gasteiger partial charge is 0.494 e. The Morgan fingerprint density at radius 1 is 1.05 bits per heavy atom. The van der Waals surface area contributed by atoms with Gasteiger partial charge in [0.1, 0.15) is 5.56 Å². The first-order chi connectivity index (χ1) is 10.6. The summed E-state index contributed by atoms with van der Waals surface area (Å²) >= 11 is 0. The number of aromatic nitrogens is 2. The summed E-state index contributed by atoms with van der Waals surface area (Å²) in [7, 11) is 0. The Labute approximate surface area is 123 Å². The van der Waals surface area contributed by atoms with Gasteiger partial charge in [-0.2, -0.15) is 0 Å². The number of hydrogen-bond donors (Lipinski definition) is 4. The van der Waals surface area contributed by atoms with Gasteiger partial charge in [-0.3, -0.25) is 19.8 Å². The molecular weight excluding hydrogens is 284 g/mol. The van der Waals surface area contributed by atoms with Crippen LogP contribution in [0.5, 0.6) is 5.88 Å². The molecule has 0 spiro atoms. The van der Waals surface area contributed by atoms with Gasteiger partial charge in [0.15, 0.2) is 0 Å². The van der Waals surface area contributed by atoms with Crippen molar-refractivity contribution in [3.63, 3.8) is 0 Å². The van der Waals surface area contributed by atoms with Crippen LogP contribution in [0.25, 0.3) is 10.8 Å². The van der Waals surface area contributed by atoms with Crippen molar-refractivity contribution in [2.45, 2.75) is 0 Å². The molecule has 0 aliphatic carbocycles. The predicted octanol–water partition coefficient (Wildman–Crippen LogP) is 1.25. The fourth-order valence-electron chi connectivity index (χ4n) is 2.17. The first-order valence-corrected chi connectivity index (χ1v) is 6.43. The van der Waals surface area contributed by atoms with E-state index in [-0.39, 0.29) is 5.56 Å². The number of rotatable bonds is 2. The van der Waals surface area contributed by atoms with Crippen LogP contribution in [0.3, 0.4) is 0 Å². The van der Waals surface area contributed by atoms with Crippen LogP contribution in [0.15, 0.2) is 51.0 Å². The van der Waals surface area contributed by atoms with Gasteiger partial charge in [-0.25, -0.2) is 4.79 Å². The molecule has 0 saturated heterocycles. The minimum atomic E-state index is -0.780. The van der Waals surface area contributed by atoms with Gasteiger partial charge >= 0.3 is 5.69 Å². The lowest BCUT2D eigenvalue weighted by molar-refractivity contribution is 0.447. The third-order valence-electron chi connectivity index (χ3n) is 3.22. The molecule has 0 aliphatic heterocycles. The summed E-state index contributed by atoms with van der Waals surface area (Å²) in [5.74, 6) is -0.530. The second kappa shape index (κ2) is 5.21. The van der Waals surface area contributed by atoms with E-state index in [1.165, 1.54) is 6.21 Å². The standard InChI is InChI=1S/C15H12N4O3/c16-11-5-1-4-9-8(11)3-2-6-12(9)17-7-10-13(20)18-15(22)19-14(10)21/h1-7H,16H2,(H3,18,19,20,21,22). The van der Waals surface area contributed by atoms with E-state index in [9.17, 15) is 14.7 Å². The third kappa shape index (κ3) is 2.35. The van der Waals surface area contributed by atoms with Crippen molar-refractivity contribution in [3.8, 4) is 5.88 Å². The molecule has 110 valence electrons. The average Bonchev–Trinajstić information content (AvgIpc) is 2.47. The van der Waals surface area contributed by atoms with Crippen LogP contribution in [-0.2, 0) is 0 Å². The van der Waals surface area contributed by atoms with Gasteiger partial charge in [0.05, 0.1) is 5.69 Å². The van der Waals surface area contributed by atoms with Gasteiger partial charge < -0.3 is 10.8 Å². The first kappa shape index (κ1) is 13.6. The van der Waals surface area contributed by atoms with E-state index in [2.05, 4.69) is 9.98 Å². The van der Waals surface area contributed by atoms with E-state index in [0.29, 0.717) is 11.4 Å². The predicted molar refractivity (Wildman–Crippen MR) is 85.0 cm³/mol. The summed E-state index contributed by atoms with van der Waals surface area (Å²) in [6.45, 7) is 0. The number of hydrogen-bond acceptors (Lipinski definition) is 5. The zero-order valence-electron chi connectivity index (χ0n) is 11.3. The Hall–Kier alpha value is -3.35. The molecule has 0 aliphatic rings. The van der Waals surface area contributed by atoms with Gasteiger partial charge in [-0.05, 0) is 12.1 Å². The number of benzene rings is 2. The summed E-state index contributed by atoms with van der Waals surface area (Å²) in [4.78, 5) is 31.0. The summed E-state index contributed by atoms with van der Waals surface area (Å²) < 4.78 is 0. The molecule has 7 heteroatoms. The molecular formula is C15H12N4O3. The van der Waals surface area contributed by atoms with Crippen molar-refractivity contribution < 1.29 is 5.11 Å². The summed E-state index contributed by atoms with van der Waals surface area (Å²) in [6, 6.07) is 10.9. The highest BCUT2D eigenvalue weighted by Crippen LogP contribution is 2.29. The highest BCUT2D eigenvalue weighted by Gasteiger charge is 2.06. The van der Waals surface area contributed by atoms with Crippen LogP contribution < -0.4 is 17.0 Å². The van der Waals surface area contributed by atoms with Crippen LogP contribution >= 0.6 is 0 Å². The van der Waals surface area contributed by atoms with Crippen LogP contribution in [0.2, 0.25) is 0 Å². The number of aromatic amines is 2. The van der Waals surface area contributed by atoms with Crippen molar-refractivity contribution in [3.05, 3.63) is 62.8 Å². The maximum Gasteiger partial charge on any atom is 0.328 e. The Morgan fingerprint density at radius 2 is 1.77 bits per heavy atom. The quantitative estimate of drug-likeness (QED) is 0.419. The SMILES string of the molecule is Nc1cccc2c(N=Cc3c(O)[nH]c(=O)[nH]c3=O)cccc12. The number of aliphatic imine (C=N–C) groups is 1. The molecule has 1 aromatic heterocycles. The van der Waals surface area contributed by atoms with Gasteiger partial charge in [0, 0.05) is 22.7 Å². The molecule has 0 saturated carbocycles. The van der Waals surface area contributed by atoms with Crippen LogP contribution in [0, 0.1) is 0 Å². The Morgan fingerprint density at radius 3 is 2.55 bits per heavy atom. The van der Waals surface area contributed by atoms with E-state index in [0.717, 1.165) is 10.8 Å². The molecule has 0 bridgehead atoms. The molecule has 3 aromatic rings. The zero-order chi connectivity index (χ0) is 15.7. The smallest absolute Gasteiger partial charge is 0.328 e. The summed E-state index contributed by atoms with van der Waals surface area (Å²) in [5.41, 5.74) is 5.51. The monoisotopic (exact) mass is 296 g/mol. The van der Waals surface area contributed by atoms with E-state index in [4.69, 9.17) is 5.73 Å². The lowest BCUT2D eigenvalue weighted by Gasteiger charge is -2.04. The summed E-state index contributed by atoms with van der Waals surface area (Å²) in [6.07, 6.45) is 1.20. The maximum atomic E-state index is 11.7. The molecule has 7 nitrogen and oxygen atoms in total. The van der Waals surface area contributed by atoms with Crippen molar-refractivity contribution in [1.82, 2.24) is 9.97 Å². The van der Waals surface area contributed by atoms with Crippen molar-refractivity contribution in [2.75, 3.05) is 5.73 Å². The fourth-order valence-corrected chi connectivity index (χ4v) is 2.17. The number of nitrogens with zero attached hydrogens (tertiary/aromatic N) is 1. The number of nitrogens with one attached hydrogen (secondary N) is 2. The lowest BCUT2D eigenvalue weighted by atomic mass is 10.1. The van der Waals surface area contributed by atoms with Crippen LogP contribution in [0.4, 0.5) is 11.4 Å². The fraction of sp³-hybridized carbons (Fsp3) is 0. The zero-order valence-corrected chi connectivity index (χ0v) is 11.3. The van der Waals surface area contributed by atoms with Gasteiger partial charge in [-0.15, -0.1) is 0 Å². The number of nitrogen functional groups attached to an aromatic ring is 1. The van der Waals surface area contributed by atoms with Crippen LogP contribution in [-0.4, -0.2) is 21.3 Å². The molecule has 2 aromatic carbocycles. The lowest BCUT2D eigenvalue weighted by Crippen LogP contribution is -2.24. The van der Waals surface area contributed by atoms with E-state index in [1.54, 1.807) is 24.3 Å². The molecule has 5 N–H and O–H groups in total. The third-order valence-corrected chi connectivity index (χ3v) is 3.22. The Bertz CT molecular complexity index is 1000. The van der Waals surface area contributed by atoms with Crippen LogP contribution in [0.1, 0.15) is 5.56 Å². The minimum Gasteiger partial charge on any atom is -0.494 e. The highest BCUT2D eigenvalue weighted by molar-refractivity contribution is 6.01. The Kier molecular flexibility index (Phi) is 3.23. The number of anilines is 1. The molecule has 0 atom stereocenters. The highest BCUT2D eigenvalue weighted by atomic mass is 16.3. The maximum absolute atomic E-state index is 11.7. The van der Waals surface area contributed by atoms with Gasteiger partial charge in [0.2, 0.25) is 5.88 Å². The molecule has 3 rings (SSSR count). The molecule has 0 unspecified atom stereocenters. The van der Waals surface area contributed by atoms with E-state index >= 15 is 0 Å². The number of aromatic hydroxyl groups is 1. The van der Waals surface area contributed by atoms with E-state index in [1.807, 2.05) is 17.1 Å². The molecule has 0 radical (unpaired) electrons. The first-order valence-electron chi connectivity index (χ1n) is 6.43. The number of fused-ring (bicyclic) bond motifs is 1. The molecule has 1 heterocycles. The number of H-pyrrole nitrogens is 2. The van der Waals surface area contributed by atoms with Crippen molar-refractivity contribution in [2.24, 2.45) is 4.99 Å². The van der Waals surface area contributed by atoms with E-state index < -0.39 is 17.1 Å². The van der Waals surface area contributed by atoms with Crippen molar-refractivity contribution >= 4 is 28.4 Å². The van der Waals surface area contributed by atoms with Crippen molar-refractivity contribution in [1.29, 1.82) is 0 Å². The van der Waals surface area contributed by atoms with Gasteiger partial charge in [0.25, 0.3) is 5.56 Å². The minimum absolute atomic E-state index is 0.125.